The highest BCUT2D eigenvalue weighted by Crippen LogP contribution is 2.29. The van der Waals surface area contributed by atoms with Crippen LogP contribution in [0.2, 0.25) is 0 Å². The van der Waals surface area contributed by atoms with Gasteiger partial charge in [0.25, 0.3) is 0 Å². The minimum absolute atomic E-state index is 0.00866. The predicted octanol–water partition coefficient (Wildman–Crippen LogP) is 1.52. The zero-order chi connectivity index (χ0) is 13.7. The highest BCUT2D eigenvalue weighted by Gasteiger charge is 2.18. The zero-order valence-corrected chi connectivity index (χ0v) is 11.0. The quantitative estimate of drug-likeness (QED) is 0.461. The molecule has 0 aromatic heterocycles. The minimum atomic E-state index is -2.29. The maximum atomic E-state index is 11.4. The topological polar surface area (TPSA) is 96.3 Å². The molecule has 0 bridgehead atoms. The Morgan fingerprint density at radius 1 is 1.28 bits per heavy atom. The van der Waals surface area contributed by atoms with Crippen LogP contribution in [0.25, 0.3) is 0 Å². The number of hydroxylamine groups is 2. The van der Waals surface area contributed by atoms with Gasteiger partial charge < -0.3 is 4.55 Å². The van der Waals surface area contributed by atoms with Crippen LogP contribution < -0.4 is 10.5 Å². The van der Waals surface area contributed by atoms with Gasteiger partial charge in [0.05, 0.1) is 11.4 Å². The molecule has 1 rings (SSSR count). The van der Waals surface area contributed by atoms with Crippen molar-refractivity contribution >= 4 is 22.5 Å². The summed E-state index contributed by atoms with van der Waals surface area (Å²) in [5.41, 5.74) is 3.03. The number of nitrogens with one attached hydrogen (secondary N) is 1. The first kappa shape index (κ1) is 14.9. The Balaban J connectivity index is 3.21. The SMILES string of the molecule is CCN(O)Nc1cccc(N(O)CC)c1S(=O)O. The summed E-state index contributed by atoms with van der Waals surface area (Å²) in [4.78, 5) is 0.00866. The van der Waals surface area contributed by atoms with E-state index in [0.717, 1.165) is 10.2 Å². The van der Waals surface area contributed by atoms with Crippen LogP contribution in [0.3, 0.4) is 0 Å². The summed E-state index contributed by atoms with van der Waals surface area (Å²) in [6.07, 6.45) is 0. The second kappa shape index (κ2) is 6.66. The first-order chi connectivity index (χ1) is 8.51. The van der Waals surface area contributed by atoms with Gasteiger partial charge in [-0.2, -0.15) is 0 Å². The first-order valence-corrected chi connectivity index (χ1v) is 6.55. The average molecular weight is 275 g/mol. The molecule has 1 aromatic carbocycles. The Hall–Kier alpha value is -1.19. The predicted molar refractivity (Wildman–Crippen MR) is 68.1 cm³/mol. The number of hydrazine groups is 1. The van der Waals surface area contributed by atoms with Crippen molar-refractivity contribution < 1.29 is 19.2 Å². The van der Waals surface area contributed by atoms with E-state index in [0.29, 0.717) is 6.54 Å². The van der Waals surface area contributed by atoms with Crippen molar-refractivity contribution in [1.82, 2.24) is 5.17 Å². The van der Waals surface area contributed by atoms with Crippen LogP contribution in [0.15, 0.2) is 23.1 Å². The fraction of sp³-hybridized carbons (Fsp3) is 0.400. The third-order valence-corrected chi connectivity index (χ3v) is 3.07. The van der Waals surface area contributed by atoms with Crippen LogP contribution in [0.1, 0.15) is 13.8 Å². The third-order valence-electron chi connectivity index (χ3n) is 2.30. The monoisotopic (exact) mass is 275 g/mol. The second-order valence-electron chi connectivity index (χ2n) is 3.45. The van der Waals surface area contributed by atoms with Gasteiger partial charge in [-0.05, 0) is 26.0 Å². The van der Waals surface area contributed by atoms with Crippen LogP contribution in [-0.2, 0) is 11.1 Å². The van der Waals surface area contributed by atoms with Crippen molar-refractivity contribution in [2.24, 2.45) is 0 Å². The molecule has 1 atom stereocenters. The zero-order valence-electron chi connectivity index (χ0n) is 10.2. The van der Waals surface area contributed by atoms with Gasteiger partial charge in [0, 0.05) is 13.1 Å². The van der Waals surface area contributed by atoms with Gasteiger partial charge >= 0.3 is 0 Å². The fourth-order valence-corrected chi connectivity index (χ4v) is 2.04. The van der Waals surface area contributed by atoms with Crippen molar-refractivity contribution in [1.29, 1.82) is 0 Å². The standard InChI is InChI=1S/C10H17N3O4S/c1-3-12(14)9-7-5-6-8(10(9)18(16)17)11-13(15)4-2/h5-7,11,14-15H,3-4H2,1-2H3,(H,16,17). The van der Waals surface area contributed by atoms with Crippen LogP contribution in [0.4, 0.5) is 11.4 Å². The van der Waals surface area contributed by atoms with Crippen LogP contribution in [-0.4, -0.2) is 37.4 Å². The molecule has 0 spiro atoms. The van der Waals surface area contributed by atoms with Gasteiger partial charge in [-0.15, -0.1) is 5.17 Å². The molecular weight excluding hydrogens is 258 g/mol. The van der Waals surface area contributed by atoms with Gasteiger partial charge in [-0.3, -0.25) is 20.9 Å². The van der Waals surface area contributed by atoms with Gasteiger partial charge in [0.1, 0.15) is 4.90 Å². The minimum Gasteiger partial charge on any atom is -0.302 e. The molecule has 1 unspecified atom stereocenters. The molecule has 7 nitrogen and oxygen atoms in total. The van der Waals surface area contributed by atoms with Gasteiger partial charge in [-0.25, -0.2) is 4.21 Å². The van der Waals surface area contributed by atoms with Crippen LogP contribution in [0, 0.1) is 0 Å². The molecule has 4 N–H and O–H groups in total. The summed E-state index contributed by atoms with van der Waals surface area (Å²) in [5.74, 6) is 0. The van der Waals surface area contributed by atoms with Crippen molar-refractivity contribution in [2.75, 3.05) is 23.6 Å². The Bertz CT molecular complexity index is 430. The summed E-state index contributed by atoms with van der Waals surface area (Å²) in [6, 6.07) is 4.66. The highest BCUT2D eigenvalue weighted by molar-refractivity contribution is 7.79. The van der Waals surface area contributed by atoms with E-state index in [4.69, 9.17) is 0 Å². The molecule has 0 amide bonds. The molecule has 0 heterocycles. The molecule has 102 valence electrons. The van der Waals surface area contributed by atoms with E-state index in [1.165, 1.54) is 12.1 Å². The molecule has 0 aliphatic heterocycles. The Morgan fingerprint density at radius 3 is 2.44 bits per heavy atom. The molecule has 0 radical (unpaired) electrons. The van der Waals surface area contributed by atoms with Crippen LogP contribution in [0.5, 0.6) is 0 Å². The van der Waals surface area contributed by atoms with E-state index in [-0.39, 0.29) is 22.8 Å². The summed E-state index contributed by atoms with van der Waals surface area (Å²) in [6.45, 7) is 3.97. The molecule has 0 saturated heterocycles. The maximum absolute atomic E-state index is 11.4. The third kappa shape index (κ3) is 3.40. The number of hydrogen-bond donors (Lipinski definition) is 4. The number of nitrogens with zero attached hydrogens (tertiary/aromatic N) is 2. The number of hydrogen-bond acceptors (Lipinski definition) is 6. The van der Waals surface area contributed by atoms with Crippen molar-refractivity contribution in [3.63, 3.8) is 0 Å². The largest absolute Gasteiger partial charge is 0.302 e. The lowest BCUT2D eigenvalue weighted by Gasteiger charge is -2.21. The lowest BCUT2D eigenvalue weighted by Crippen LogP contribution is -2.27. The summed E-state index contributed by atoms with van der Waals surface area (Å²) >= 11 is -2.29. The summed E-state index contributed by atoms with van der Waals surface area (Å²) < 4.78 is 20.7. The highest BCUT2D eigenvalue weighted by atomic mass is 32.2. The smallest absolute Gasteiger partial charge is 0.190 e. The van der Waals surface area contributed by atoms with E-state index in [2.05, 4.69) is 5.43 Å². The molecule has 0 fully saturated rings. The number of benzene rings is 1. The van der Waals surface area contributed by atoms with Gasteiger partial charge in [0.15, 0.2) is 11.1 Å². The van der Waals surface area contributed by atoms with Crippen molar-refractivity contribution in [2.45, 2.75) is 18.7 Å². The van der Waals surface area contributed by atoms with E-state index in [9.17, 15) is 19.2 Å². The van der Waals surface area contributed by atoms with Gasteiger partial charge in [0.2, 0.25) is 0 Å². The molecule has 8 heteroatoms. The number of anilines is 2. The summed E-state index contributed by atoms with van der Waals surface area (Å²) in [7, 11) is 0. The molecule has 18 heavy (non-hydrogen) atoms. The fourth-order valence-electron chi connectivity index (χ4n) is 1.39. The Labute approximate surface area is 108 Å². The second-order valence-corrected chi connectivity index (χ2v) is 4.35. The number of rotatable bonds is 6. The average Bonchev–Trinajstić information content (AvgIpc) is 2.36. The maximum Gasteiger partial charge on any atom is 0.190 e. The van der Waals surface area contributed by atoms with E-state index < -0.39 is 11.1 Å². The van der Waals surface area contributed by atoms with E-state index in [1.54, 1.807) is 19.9 Å². The lowest BCUT2D eigenvalue weighted by molar-refractivity contribution is -0.0609. The van der Waals surface area contributed by atoms with Crippen LogP contribution >= 0.6 is 0 Å². The van der Waals surface area contributed by atoms with Gasteiger partial charge in [-0.1, -0.05) is 6.07 Å². The summed E-state index contributed by atoms with van der Waals surface area (Å²) in [5, 5.41) is 20.7. The normalized spacial score (nSPS) is 12.6. The molecule has 0 aliphatic rings. The van der Waals surface area contributed by atoms with E-state index >= 15 is 0 Å². The molecule has 0 saturated carbocycles. The molecule has 0 aliphatic carbocycles. The molecule has 1 aromatic rings. The first-order valence-electron chi connectivity index (χ1n) is 5.44. The Kier molecular flexibility index (Phi) is 5.51. The molecular formula is C10H17N3O4S. The Morgan fingerprint density at radius 2 is 1.94 bits per heavy atom. The van der Waals surface area contributed by atoms with Crippen molar-refractivity contribution in [3.8, 4) is 0 Å². The lowest BCUT2D eigenvalue weighted by atomic mass is 10.2. The van der Waals surface area contributed by atoms with E-state index in [1.807, 2.05) is 0 Å². The van der Waals surface area contributed by atoms with Crippen molar-refractivity contribution in [3.05, 3.63) is 18.2 Å².